The van der Waals surface area contributed by atoms with Gasteiger partial charge in [-0.05, 0) is 22.9 Å². The van der Waals surface area contributed by atoms with E-state index in [-0.39, 0.29) is 5.91 Å². The molecule has 1 amide bonds. The number of methoxy groups -OCH3 is 2. The quantitative estimate of drug-likeness (QED) is 0.507. The zero-order chi connectivity index (χ0) is 19.5. The van der Waals surface area contributed by atoms with Crippen LogP contribution in [0.4, 0.5) is 5.13 Å². The highest BCUT2D eigenvalue weighted by Gasteiger charge is 2.19. The number of ether oxygens (including phenoxy) is 2. The van der Waals surface area contributed by atoms with E-state index < -0.39 is 0 Å². The van der Waals surface area contributed by atoms with E-state index in [1.165, 1.54) is 25.6 Å². The van der Waals surface area contributed by atoms with Crippen molar-refractivity contribution in [3.05, 3.63) is 71.6 Å². The van der Waals surface area contributed by atoms with Gasteiger partial charge in [0.2, 0.25) is 0 Å². The zero-order valence-electron chi connectivity index (χ0n) is 15.4. The van der Waals surface area contributed by atoms with Gasteiger partial charge < -0.3 is 9.47 Å². The molecule has 6 heteroatoms. The van der Waals surface area contributed by atoms with Crippen LogP contribution < -0.4 is 14.8 Å². The lowest BCUT2D eigenvalue weighted by atomic mass is 10.0. The number of fused-ring (bicyclic) bond motifs is 1. The van der Waals surface area contributed by atoms with E-state index in [9.17, 15) is 4.79 Å². The van der Waals surface area contributed by atoms with Crippen LogP contribution in [0.1, 0.15) is 10.4 Å². The average Bonchev–Trinajstić information content (AvgIpc) is 3.20. The van der Waals surface area contributed by atoms with Gasteiger partial charge in [-0.2, -0.15) is 0 Å². The van der Waals surface area contributed by atoms with Crippen molar-refractivity contribution < 1.29 is 14.3 Å². The van der Waals surface area contributed by atoms with Crippen molar-refractivity contribution in [1.29, 1.82) is 0 Å². The Morgan fingerprint density at radius 2 is 1.61 bits per heavy atom. The number of carbonyl (C=O) groups is 1. The first kappa shape index (κ1) is 18.0. The second kappa shape index (κ2) is 7.70. The van der Waals surface area contributed by atoms with Gasteiger partial charge in [0.15, 0.2) is 5.13 Å². The van der Waals surface area contributed by atoms with Gasteiger partial charge in [-0.25, -0.2) is 4.98 Å². The summed E-state index contributed by atoms with van der Waals surface area (Å²) in [5.41, 5.74) is 2.20. The predicted octanol–water partition coefficient (Wildman–Crippen LogP) is 5.23. The summed E-state index contributed by atoms with van der Waals surface area (Å²) in [6.07, 6.45) is 0. The van der Waals surface area contributed by atoms with Gasteiger partial charge in [-0.15, -0.1) is 11.3 Å². The predicted molar refractivity (Wildman–Crippen MR) is 113 cm³/mol. The Bertz CT molecular complexity index is 1130. The zero-order valence-corrected chi connectivity index (χ0v) is 16.2. The van der Waals surface area contributed by atoms with E-state index in [0.717, 1.165) is 22.0 Å². The van der Waals surface area contributed by atoms with E-state index in [4.69, 9.17) is 9.47 Å². The second-order valence-electron chi connectivity index (χ2n) is 6.06. The topological polar surface area (TPSA) is 60.5 Å². The number of amides is 1. The molecule has 0 atom stereocenters. The number of benzene rings is 3. The first-order valence-corrected chi connectivity index (χ1v) is 9.55. The van der Waals surface area contributed by atoms with Crippen LogP contribution in [0.15, 0.2) is 66.0 Å². The van der Waals surface area contributed by atoms with E-state index >= 15 is 0 Å². The molecule has 1 heterocycles. The van der Waals surface area contributed by atoms with E-state index in [0.29, 0.717) is 22.2 Å². The summed E-state index contributed by atoms with van der Waals surface area (Å²) in [6, 6.07) is 19.5. The monoisotopic (exact) mass is 390 g/mol. The third-order valence-corrected chi connectivity index (χ3v) is 5.20. The maximum absolute atomic E-state index is 12.8. The highest BCUT2D eigenvalue weighted by molar-refractivity contribution is 7.14. The molecule has 0 unspecified atom stereocenters. The Labute approximate surface area is 166 Å². The lowest BCUT2D eigenvalue weighted by Gasteiger charge is -2.11. The molecule has 0 radical (unpaired) electrons. The fraction of sp³-hybridized carbons (Fsp3) is 0.0909. The molecule has 0 aliphatic heterocycles. The van der Waals surface area contributed by atoms with Crippen LogP contribution in [-0.4, -0.2) is 25.1 Å². The van der Waals surface area contributed by atoms with E-state index in [1.807, 2.05) is 29.6 Å². The van der Waals surface area contributed by atoms with Crippen LogP contribution >= 0.6 is 11.3 Å². The van der Waals surface area contributed by atoms with Crippen molar-refractivity contribution in [3.63, 3.8) is 0 Å². The number of nitrogens with one attached hydrogen (secondary N) is 1. The second-order valence-corrected chi connectivity index (χ2v) is 6.91. The van der Waals surface area contributed by atoms with Gasteiger partial charge in [0, 0.05) is 10.9 Å². The summed E-state index contributed by atoms with van der Waals surface area (Å²) >= 11 is 1.38. The Kier molecular flexibility index (Phi) is 4.95. The van der Waals surface area contributed by atoms with Gasteiger partial charge in [0.25, 0.3) is 5.91 Å². The van der Waals surface area contributed by atoms with Gasteiger partial charge in [-0.1, -0.05) is 48.5 Å². The molecule has 1 aromatic heterocycles. The Morgan fingerprint density at radius 3 is 2.36 bits per heavy atom. The molecule has 28 heavy (non-hydrogen) atoms. The normalized spacial score (nSPS) is 10.6. The molecule has 0 bridgehead atoms. The summed E-state index contributed by atoms with van der Waals surface area (Å²) in [4.78, 5) is 17.4. The van der Waals surface area contributed by atoms with E-state index in [2.05, 4.69) is 28.5 Å². The van der Waals surface area contributed by atoms with Crippen molar-refractivity contribution in [2.24, 2.45) is 0 Å². The summed E-state index contributed by atoms with van der Waals surface area (Å²) in [7, 11) is 3.04. The minimum Gasteiger partial charge on any atom is -0.496 e. The first-order valence-electron chi connectivity index (χ1n) is 8.67. The SMILES string of the molecule is COc1cccc(OC)c1C(=O)Nc1nc(-c2cccc3ccccc23)cs1. The highest BCUT2D eigenvalue weighted by Crippen LogP contribution is 2.33. The largest absolute Gasteiger partial charge is 0.496 e. The Hall–Kier alpha value is -3.38. The molecule has 3 aromatic carbocycles. The number of thiazole rings is 1. The lowest BCUT2D eigenvalue weighted by molar-refractivity contribution is 0.102. The number of aromatic nitrogens is 1. The van der Waals surface area contributed by atoms with E-state index in [1.54, 1.807) is 18.2 Å². The molecule has 0 spiro atoms. The summed E-state index contributed by atoms with van der Waals surface area (Å²) < 4.78 is 10.6. The van der Waals surface area contributed by atoms with Crippen LogP contribution in [0, 0.1) is 0 Å². The van der Waals surface area contributed by atoms with Crippen molar-refractivity contribution in [1.82, 2.24) is 4.98 Å². The fourth-order valence-electron chi connectivity index (χ4n) is 3.14. The summed E-state index contributed by atoms with van der Waals surface area (Å²) in [5, 5.41) is 7.59. The minimum atomic E-state index is -0.326. The van der Waals surface area contributed by atoms with Gasteiger partial charge in [0.1, 0.15) is 17.1 Å². The van der Waals surface area contributed by atoms with Crippen molar-refractivity contribution in [3.8, 4) is 22.8 Å². The van der Waals surface area contributed by atoms with Crippen LogP contribution in [-0.2, 0) is 0 Å². The fourth-order valence-corrected chi connectivity index (χ4v) is 3.84. The van der Waals surface area contributed by atoms with Crippen LogP contribution in [0.3, 0.4) is 0 Å². The molecule has 0 saturated heterocycles. The molecule has 4 aromatic rings. The molecule has 0 aliphatic rings. The standard InChI is InChI=1S/C22H18N2O3S/c1-26-18-11-6-12-19(27-2)20(18)21(25)24-22-23-17(13-28-22)16-10-5-8-14-7-3-4-9-15(14)16/h3-13H,1-2H3,(H,23,24,25). The number of hydrogen-bond acceptors (Lipinski definition) is 5. The van der Waals surface area contributed by atoms with Gasteiger partial charge >= 0.3 is 0 Å². The lowest BCUT2D eigenvalue weighted by Crippen LogP contribution is -2.14. The van der Waals surface area contributed by atoms with Crippen molar-refractivity contribution in [2.75, 3.05) is 19.5 Å². The number of nitrogens with zero attached hydrogens (tertiary/aromatic N) is 1. The number of rotatable bonds is 5. The summed E-state index contributed by atoms with van der Waals surface area (Å²) in [6.45, 7) is 0. The first-order chi connectivity index (χ1) is 13.7. The average molecular weight is 390 g/mol. The van der Waals surface area contributed by atoms with Crippen molar-refractivity contribution in [2.45, 2.75) is 0 Å². The molecule has 140 valence electrons. The minimum absolute atomic E-state index is 0.326. The molecule has 1 N–H and O–H groups in total. The molecule has 4 rings (SSSR count). The van der Waals surface area contributed by atoms with Gasteiger partial charge in [-0.3, -0.25) is 10.1 Å². The molecule has 0 aliphatic carbocycles. The smallest absolute Gasteiger partial charge is 0.265 e. The molecule has 0 saturated carbocycles. The Morgan fingerprint density at radius 1 is 0.929 bits per heavy atom. The van der Waals surface area contributed by atoms with Crippen molar-refractivity contribution >= 4 is 33.1 Å². The number of anilines is 1. The molecular weight excluding hydrogens is 372 g/mol. The third kappa shape index (κ3) is 3.30. The number of hydrogen-bond donors (Lipinski definition) is 1. The summed E-state index contributed by atoms with van der Waals surface area (Å²) in [5.74, 6) is 0.568. The van der Waals surface area contributed by atoms with Crippen LogP contribution in [0.5, 0.6) is 11.5 Å². The van der Waals surface area contributed by atoms with Crippen LogP contribution in [0.25, 0.3) is 22.0 Å². The maximum atomic E-state index is 12.8. The maximum Gasteiger partial charge on any atom is 0.265 e. The highest BCUT2D eigenvalue weighted by atomic mass is 32.1. The van der Waals surface area contributed by atoms with Crippen LogP contribution in [0.2, 0.25) is 0 Å². The molecule has 0 fully saturated rings. The third-order valence-electron chi connectivity index (χ3n) is 4.45. The molecule has 5 nitrogen and oxygen atoms in total. The van der Waals surface area contributed by atoms with Gasteiger partial charge in [0.05, 0.1) is 19.9 Å². The number of carbonyl (C=O) groups excluding carboxylic acids is 1. The molecular formula is C22H18N2O3S. The Balaban J connectivity index is 1.65.